The van der Waals surface area contributed by atoms with Gasteiger partial charge in [0, 0.05) is 19.5 Å². The zero-order valence-electron chi connectivity index (χ0n) is 7.95. The zero-order valence-corrected chi connectivity index (χ0v) is 7.95. The maximum atomic E-state index is 11.3. The van der Waals surface area contributed by atoms with Crippen LogP contribution in [0.2, 0.25) is 0 Å². The van der Waals surface area contributed by atoms with Gasteiger partial charge in [-0.15, -0.1) is 0 Å². The molecule has 72 valence electrons. The van der Waals surface area contributed by atoms with Crippen molar-refractivity contribution in [3.05, 3.63) is 0 Å². The van der Waals surface area contributed by atoms with Crippen molar-refractivity contribution in [1.82, 2.24) is 4.90 Å². The molecule has 0 aromatic heterocycles. The average Bonchev–Trinajstić information content (AvgIpc) is 2.00. The van der Waals surface area contributed by atoms with Crippen LogP contribution >= 0.6 is 0 Å². The number of nitrogens with zero attached hydrogens (tertiary/aromatic N) is 1. The van der Waals surface area contributed by atoms with Gasteiger partial charge in [0.2, 0.25) is 5.91 Å². The van der Waals surface area contributed by atoms with Gasteiger partial charge in [-0.3, -0.25) is 4.79 Å². The molecule has 0 heterocycles. The average molecular weight is 174 g/mol. The molecule has 0 bridgehead atoms. The SMILES string of the molecule is CC(N)CC(=O)N(C)C(C)CO. The number of carbonyl (C=O) groups excluding carboxylic acids is 1. The lowest BCUT2D eigenvalue weighted by molar-refractivity contribution is -0.132. The molecule has 0 spiro atoms. The molecule has 0 aliphatic heterocycles. The van der Waals surface area contributed by atoms with Crippen LogP contribution in [0.3, 0.4) is 0 Å². The van der Waals surface area contributed by atoms with Gasteiger partial charge >= 0.3 is 0 Å². The number of hydrogen-bond donors (Lipinski definition) is 2. The van der Waals surface area contributed by atoms with Gasteiger partial charge in [0.15, 0.2) is 0 Å². The number of likely N-dealkylation sites (N-methyl/N-ethyl adjacent to an activating group) is 1. The second kappa shape index (κ2) is 5.11. The topological polar surface area (TPSA) is 66.6 Å². The summed E-state index contributed by atoms with van der Waals surface area (Å²) in [6.07, 6.45) is 0.334. The minimum Gasteiger partial charge on any atom is -0.394 e. The third-order valence-electron chi connectivity index (χ3n) is 1.82. The fourth-order valence-electron chi connectivity index (χ4n) is 0.788. The number of carbonyl (C=O) groups is 1. The first-order valence-corrected chi connectivity index (χ1v) is 4.11. The zero-order chi connectivity index (χ0) is 9.72. The first-order chi connectivity index (χ1) is 5.49. The lowest BCUT2D eigenvalue weighted by Gasteiger charge is -2.23. The van der Waals surface area contributed by atoms with E-state index in [-0.39, 0.29) is 24.6 Å². The monoisotopic (exact) mass is 174 g/mol. The molecular formula is C8H18N2O2. The molecule has 4 nitrogen and oxygen atoms in total. The van der Waals surface area contributed by atoms with E-state index in [2.05, 4.69) is 0 Å². The van der Waals surface area contributed by atoms with E-state index in [0.29, 0.717) is 6.42 Å². The highest BCUT2D eigenvalue weighted by atomic mass is 16.3. The predicted molar refractivity (Wildman–Crippen MR) is 47.6 cm³/mol. The number of amides is 1. The molecule has 0 aromatic rings. The summed E-state index contributed by atoms with van der Waals surface area (Å²) in [5, 5.41) is 8.76. The van der Waals surface area contributed by atoms with Crippen LogP contribution in [0.4, 0.5) is 0 Å². The van der Waals surface area contributed by atoms with Crippen LogP contribution in [0.5, 0.6) is 0 Å². The summed E-state index contributed by atoms with van der Waals surface area (Å²) in [5.74, 6) is -0.0217. The molecule has 3 N–H and O–H groups in total. The maximum absolute atomic E-state index is 11.3. The van der Waals surface area contributed by atoms with Gasteiger partial charge in [-0.05, 0) is 13.8 Å². The van der Waals surface area contributed by atoms with Crippen LogP contribution in [0, 0.1) is 0 Å². The van der Waals surface area contributed by atoms with Crippen molar-refractivity contribution in [2.24, 2.45) is 5.73 Å². The fraction of sp³-hybridized carbons (Fsp3) is 0.875. The highest BCUT2D eigenvalue weighted by molar-refractivity contribution is 5.76. The molecule has 0 aliphatic carbocycles. The molecule has 1 amide bonds. The van der Waals surface area contributed by atoms with Crippen LogP contribution in [-0.2, 0) is 4.79 Å². The van der Waals surface area contributed by atoms with Gasteiger partial charge in [0.25, 0.3) is 0 Å². The van der Waals surface area contributed by atoms with Crippen molar-refractivity contribution in [3.8, 4) is 0 Å². The molecule has 4 heteroatoms. The first kappa shape index (κ1) is 11.4. The Hall–Kier alpha value is -0.610. The van der Waals surface area contributed by atoms with E-state index in [1.807, 2.05) is 0 Å². The van der Waals surface area contributed by atoms with Gasteiger partial charge in [0.05, 0.1) is 12.6 Å². The third-order valence-corrected chi connectivity index (χ3v) is 1.82. The first-order valence-electron chi connectivity index (χ1n) is 4.11. The van der Waals surface area contributed by atoms with Crippen molar-refractivity contribution < 1.29 is 9.90 Å². The highest BCUT2D eigenvalue weighted by Gasteiger charge is 2.15. The number of nitrogens with two attached hydrogens (primary N) is 1. The fourth-order valence-corrected chi connectivity index (χ4v) is 0.788. The highest BCUT2D eigenvalue weighted by Crippen LogP contribution is 1.99. The van der Waals surface area contributed by atoms with Crippen molar-refractivity contribution in [3.63, 3.8) is 0 Å². The van der Waals surface area contributed by atoms with E-state index < -0.39 is 0 Å². The summed E-state index contributed by atoms with van der Waals surface area (Å²) in [6, 6.07) is -0.248. The molecular weight excluding hydrogens is 156 g/mol. The van der Waals surface area contributed by atoms with Gasteiger partial charge in [-0.25, -0.2) is 0 Å². The third kappa shape index (κ3) is 3.69. The Bertz CT molecular complexity index is 148. The second-order valence-corrected chi connectivity index (χ2v) is 3.22. The summed E-state index contributed by atoms with van der Waals surface area (Å²) in [7, 11) is 1.67. The molecule has 0 radical (unpaired) electrons. The summed E-state index contributed by atoms with van der Waals surface area (Å²) in [4.78, 5) is 12.8. The lowest BCUT2D eigenvalue weighted by atomic mass is 10.2. The molecule has 2 atom stereocenters. The van der Waals surface area contributed by atoms with Crippen LogP contribution in [-0.4, -0.2) is 41.7 Å². The van der Waals surface area contributed by atoms with Crippen LogP contribution in [0.1, 0.15) is 20.3 Å². The lowest BCUT2D eigenvalue weighted by Crippen LogP contribution is -2.39. The van der Waals surface area contributed by atoms with Gasteiger partial charge in [0.1, 0.15) is 0 Å². The van der Waals surface area contributed by atoms with Crippen LogP contribution < -0.4 is 5.73 Å². The van der Waals surface area contributed by atoms with E-state index in [9.17, 15) is 4.79 Å². The Balaban J connectivity index is 3.92. The van der Waals surface area contributed by atoms with E-state index in [4.69, 9.17) is 10.8 Å². The summed E-state index contributed by atoms with van der Waals surface area (Å²) in [6.45, 7) is 3.57. The molecule has 0 aromatic carbocycles. The molecule has 0 saturated carbocycles. The minimum atomic E-state index is -0.128. The standard InChI is InChI=1S/C8H18N2O2/c1-6(9)4-8(12)10(3)7(2)5-11/h6-7,11H,4-5,9H2,1-3H3. The predicted octanol–water partition coefficient (Wildman–Crippen LogP) is -0.437. The molecule has 0 rings (SSSR count). The Morgan fingerprint density at radius 2 is 2.08 bits per heavy atom. The largest absolute Gasteiger partial charge is 0.394 e. The van der Waals surface area contributed by atoms with E-state index in [0.717, 1.165) is 0 Å². The Kier molecular flexibility index (Phi) is 4.85. The normalized spacial score (nSPS) is 15.4. The number of aliphatic hydroxyl groups is 1. The van der Waals surface area contributed by atoms with Crippen molar-refractivity contribution >= 4 is 5.91 Å². The minimum absolute atomic E-state index is 0.0127. The van der Waals surface area contributed by atoms with Gasteiger partial charge < -0.3 is 15.7 Å². The summed E-state index contributed by atoms with van der Waals surface area (Å²) < 4.78 is 0. The second-order valence-electron chi connectivity index (χ2n) is 3.22. The van der Waals surface area contributed by atoms with Gasteiger partial charge in [-0.2, -0.15) is 0 Å². The smallest absolute Gasteiger partial charge is 0.224 e. The van der Waals surface area contributed by atoms with Crippen molar-refractivity contribution in [2.75, 3.05) is 13.7 Å². The van der Waals surface area contributed by atoms with E-state index in [1.54, 1.807) is 20.9 Å². The number of hydrogen-bond acceptors (Lipinski definition) is 3. The van der Waals surface area contributed by atoms with Crippen molar-refractivity contribution in [2.45, 2.75) is 32.4 Å². The summed E-state index contributed by atoms with van der Waals surface area (Å²) in [5.41, 5.74) is 5.46. The van der Waals surface area contributed by atoms with E-state index >= 15 is 0 Å². The maximum Gasteiger partial charge on any atom is 0.224 e. The molecule has 12 heavy (non-hydrogen) atoms. The Morgan fingerprint density at radius 3 is 2.42 bits per heavy atom. The van der Waals surface area contributed by atoms with Crippen LogP contribution in [0.25, 0.3) is 0 Å². The quantitative estimate of drug-likeness (QED) is 0.607. The van der Waals surface area contributed by atoms with Crippen molar-refractivity contribution in [1.29, 1.82) is 0 Å². The number of rotatable bonds is 4. The van der Waals surface area contributed by atoms with Gasteiger partial charge in [-0.1, -0.05) is 0 Å². The van der Waals surface area contributed by atoms with E-state index in [1.165, 1.54) is 4.90 Å². The van der Waals surface area contributed by atoms with Crippen LogP contribution in [0.15, 0.2) is 0 Å². The molecule has 0 aliphatic rings. The Labute approximate surface area is 73.3 Å². The summed E-state index contributed by atoms with van der Waals surface area (Å²) >= 11 is 0. The molecule has 2 unspecified atom stereocenters. The molecule has 0 saturated heterocycles. The molecule has 0 fully saturated rings. The number of aliphatic hydroxyl groups excluding tert-OH is 1. The Morgan fingerprint density at radius 1 is 1.58 bits per heavy atom.